The molecule has 6 nitrogen and oxygen atoms in total. The predicted molar refractivity (Wildman–Crippen MR) is 77.4 cm³/mol. The van der Waals surface area contributed by atoms with E-state index in [2.05, 4.69) is 37.5 Å². The molecule has 2 aromatic rings. The fourth-order valence-electron chi connectivity index (χ4n) is 2.32. The zero-order chi connectivity index (χ0) is 13.2. The van der Waals surface area contributed by atoms with Crippen LogP contribution in [0.15, 0.2) is 12.7 Å². The van der Waals surface area contributed by atoms with E-state index in [4.69, 9.17) is 9.47 Å². The molecule has 1 saturated heterocycles. The molecule has 1 fully saturated rings. The van der Waals surface area contributed by atoms with Gasteiger partial charge in [-0.3, -0.25) is 4.57 Å². The van der Waals surface area contributed by atoms with E-state index in [0.29, 0.717) is 6.61 Å². The quantitative estimate of drug-likeness (QED) is 0.610. The second-order valence-corrected chi connectivity index (χ2v) is 5.42. The summed E-state index contributed by atoms with van der Waals surface area (Å²) in [5.74, 6) is 0. The van der Waals surface area contributed by atoms with Crippen LogP contribution < -0.4 is 0 Å². The van der Waals surface area contributed by atoms with E-state index >= 15 is 0 Å². The summed E-state index contributed by atoms with van der Waals surface area (Å²) in [4.78, 5) is 12.8. The molecule has 0 spiro atoms. The predicted octanol–water partition coefficient (Wildman–Crippen LogP) is 2.49. The number of fused-ring (bicyclic) bond motifs is 1. The average Bonchev–Trinajstić information content (AvgIpc) is 2.85. The van der Waals surface area contributed by atoms with E-state index in [-0.39, 0.29) is 12.5 Å². The molecule has 0 aliphatic carbocycles. The van der Waals surface area contributed by atoms with Crippen LogP contribution in [0, 0.1) is 3.70 Å². The van der Waals surface area contributed by atoms with Crippen molar-refractivity contribution in [3.05, 3.63) is 16.4 Å². The Morgan fingerprint density at radius 3 is 3.16 bits per heavy atom. The molecule has 7 heteroatoms. The summed E-state index contributed by atoms with van der Waals surface area (Å²) in [6.07, 6.45) is 6.14. The van der Waals surface area contributed by atoms with E-state index in [1.54, 1.807) is 12.7 Å². The minimum atomic E-state index is -0.123. The Morgan fingerprint density at radius 1 is 1.42 bits per heavy atom. The van der Waals surface area contributed by atoms with Crippen molar-refractivity contribution in [2.24, 2.45) is 0 Å². The van der Waals surface area contributed by atoms with Gasteiger partial charge in [0.05, 0.1) is 6.33 Å². The SMILES string of the molecule is CCO[C@H]1CCC[C@@H](n2cnc3c(I)ncnc32)O1. The molecule has 3 heterocycles. The van der Waals surface area contributed by atoms with Gasteiger partial charge in [0.1, 0.15) is 21.8 Å². The van der Waals surface area contributed by atoms with Crippen LogP contribution in [0.25, 0.3) is 11.2 Å². The molecule has 2 atom stereocenters. The van der Waals surface area contributed by atoms with Crippen molar-refractivity contribution in [3.63, 3.8) is 0 Å². The lowest BCUT2D eigenvalue weighted by Crippen LogP contribution is -2.28. The van der Waals surface area contributed by atoms with Crippen LogP contribution in [0.4, 0.5) is 0 Å². The van der Waals surface area contributed by atoms with Gasteiger partial charge in [-0.25, -0.2) is 15.0 Å². The first-order valence-corrected chi connectivity index (χ1v) is 7.47. The zero-order valence-corrected chi connectivity index (χ0v) is 12.8. The van der Waals surface area contributed by atoms with Crippen molar-refractivity contribution in [2.75, 3.05) is 6.61 Å². The monoisotopic (exact) mass is 374 g/mol. The van der Waals surface area contributed by atoms with Crippen molar-refractivity contribution < 1.29 is 9.47 Å². The Bertz CT molecular complexity index is 572. The third-order valence-electron chi connectivity index (χ3n) is 3.18. The Kier molecular flexibility index (Phi) is 3.94. The third-order valence-corrected chi connectivity index (χ3v) is 3.97. The molecule has 0 radical (unpaired) electrons. The normalized spacial score (nSPS) is 23.9. The average molecular weight is 374 g/mol. The van der Waals surface area contributed by atoms with E-state index in [1.165, 1.54) is 0 Å². The standard InChI is InChI=1S/C12H15IN4O2/c1-2-18-9-5-3-4-8(19-9)17-7-16-10-11(13)14-6-15-12(10)17/h6-9H,2-5H2,1H3/t8-,9+/m0/s1. The van der Waals surface area contributed by atoms with Crippen LogP contribution in [0.2, 0.25) is 0 Å². The highest BCUT2D eigenvalue weighted by molar-refractivity contribution is 14.1. The van der Waals surface area contributed by atoms with Gasteiger partial charge in [-0.15, -0.1) is 0 Å². The molecule has 1 aliphatic rings. The molecular formula is C12H15IN4O2. The van der Waals surface area contributed by atoms with Crippen LogP contribution in [-0.2, 0) is 9.47 Å². The summed E-state index contributed by atoms with van der Waals surface area (Å²) >= 11 is 2.17. The first kappa shape index (κ1) is 13.2. The van der Waals surface area contributed by atoms with Crippen molar-refractivity contribution in [2.45, 2.75) is 38.7 Å². The molecule has 3 rings (SSSR count). The highest BCUT2D eigenvalue weighted by Gasteiger charge is 2.25. The number of hydrogen-bond acceptors (Lipinski definition) is 5. The summed E-state index contributed by atoms with van der Waals surface area (Å²) in [6, 6.07) is 0. The maximum Gasteiger partial charge on any atom is 0.166 e. The molecule has 0 unspecified atom stereocenters. The number of ether oxygens (including phenoxy) is 2. The van der Waals surface area contributed by atoms with E-state index in [9.17, 15) is 0 Å². The van der Waals surface area contributed by atoms with Gasteiger partial charge >= 0.3 is 0 Å². The smallest absolute Gasteiger partial charge is 0.166 e. The van der Waals surface area contributed by atoms with Crippen molar-refractivity contribution in [3.8, 4) is 0 Å². The Labute approximate surface area is 124 Å². The maximum atomic E-state index is 5.96. The van der Waals surface area contributed by atoms with E-state index in [0.717, 1.165) is 34.1 Å². The molecule has 0 saturated carbocycles. The van der Waals surface area contributed by atoms with Crippen LogP contribution in [0.3, 0.4) is 0 Å². The van der Waals surface area contributed by atoms with Crippen molar-refractivity contribution in [1.82, 2.24) is 19.5 Å². The number of aromatic nitrogens is 4. The second kappa shape index (κ2) is 5.68. The van der Waals surface area contributed by atoms with Crippen LogP contribution >= 0.6 is 22.6 Å². The Hall–Kier alpha value is -0.800. The van der Waals surface area contributed by atoms with Gasteiger partial charge in [-0.05, 0) is 48.8 Å². The minimum Gasteiger partial charge on any atom is -0.353 e. The van der Waals surface area contributed by atoms with Gasteiger partial charge in [-0.1, -0.05) is 0 Å². The largest absolute Gasteiger partial charge is 0.353 e. The fourth-order valence-corrected chi connectivity index (χ4v) is 2.82. The number of rotatable bonds is 3. The molecule has 102 valence electrons. The van der Waals surface area contributed by atoms with Crippen molar-refractivity contribution >= 4 is 33.8 Å². The van der Waals surface area contributed by atoms with Gasteiger partial charge in [0.25, 0.3) is 0 Å². The van der Waals surface area contributed by atoms with Crippen molar-refractivity contribution in [1.29, 1.82) is 0 Å². The number of halogens is 1. The molecule has 1 aliphatic heterocycles. The fraction of sp³-hybridized carbons (Fsp3) is 0.583. The summed E-state index contributed by atoms with van der Waals surface area (Å²) in [5.41, 5.74) is 1.65. The van der Waals surface area contributed by atoms with Crippen LogP contribution in [-0.4, -0.2) is 32.4 Å². The lowest BCUT2D eigenvalue weighted by molar-refractivity contribution is -0.211. The lowest BCUT2D eigenvalue weighted by atomic mass is 10.1. The zero-order valence-electron chi connectivity index (χ0n) is 10.6. The summed E-state index contributed by atoms with van der Waals surface area (Å²) in [5, 5.41) is 0. The molecule has 19 heavy (non-hydrogen) atoms. The number of imidazole rings is 1. The molecule has 0 aromatic carbocycles. The molecule has 0 bridgehead atoms. The van der Waals surface area contributed by atoms with Crippen LogP contribution in [0.1, 0.15) is 32.4 Å². The minimum absolute atomic E-state index is 0.0546. The van der Waals surface area contributed by atoms with Crippen LogP contribution in [0.5, 0.6) is 0 Å². The van der Waals surface area contributed by atoms with Gasteiger partial charge < -0.3 is 9.47 Å². The van der Waals surface area contributed by atoms with Gasteiger partial charge in [0.15, 0.2) is 11.9 Å². The van der Waals surface area contributed by atoms with E-state index < -0.39 is 0 Å². The Balaban J connectivity index is 1.89. The topological polar surface area (TPSA) is 62.1 Å². The second-order valence-electron chi connectivity index (χ2n) is 4.40. The van der Waals surface area contributed by atoms with E-state index in [1.807, 2.05) is 11.5 Å². The summed E-state index contributed by atoms with van der Waals surface area (Å²) in [7, 11) is 0. The molecule has 0 N–H and O–H groups in total. The maximum absolute atomic E-state index is 5.96. The molecular weight excluding hydrogens is 359 g/mol. The van der Waals surface area contributed by atoms with Gasteiger partial charge in [-0.2, -0.15) is 0 Å². The third kappa shape index (κ3) is 2.59. The number of nitrogens with zero attached hydrogens (tertiary/aromatic N) is 4. The van der Waals surface area contributed by atoms with Gasteiger partial charge in [0, 0.05) is 6.61 Å². The summed E-state index contributed by atoms with van der Waals surface area (Å²) < 4.78 is 14.4. The first-order valence-electron chi connectivity index (χ1n) is 6.39. The van der Waals surface area contributed by atoms with Gasteiger partial charge in [0.2, 0.25) is 0 Å². The Morgan fingerprint density at radius 2 is 2.32 bits per heavy atom. The first-order chi connectivity index (χ1) is 9.29. The summed E-state index contributed by atoms with van der Waals surface area (Å²) in [6.45, 7) is 2.65. The number of hydrogen-bond donors (Lipinski definition) is 0. The highest BCUT2D eigenvalue weighted by Crippen LogP contribution is 2.29. The highest BCUT2D eigenvalue weighted by atomic mass is 127. The molecule has 0 amide bonds. The lowest BCUT2D eigenvalue weighted by Gasteiger charge is -2.30. The molecule has 2 aromatic heterocycles.